The number of thiocarbonyl (C=S) groups is 1. The molecule has 0 saturated carbocycles. The molecule has 0 spiro atoms. The molecule has 0 atom stereocenters. The van der Waals surface area contributed by atoms with Crippen molar-refractivity contribution in [1.29, 1.82) is 0 Å². The Kier molecular flexibility index (Phi) is 5.73. The third-order valence-electron chi connectivity index (χ3n) is 0.904. The molecule has 0 fully saturated rings. The number of thioether (sulfide) groups is 1. The predicted octanol–water partition coefficient (Wildman–Crippen LogP) is 2.14. The van der Waals surface area contributed by atoms with E-state index in [4.69, 9.17) is 12.2 Å². The fourth-order valence-electron chi connectivity index (χ4n) is 0.345. The molecule has 0 aromatic carbocycles. The monoisotopic (exact) mass is 175 g/mol. The first-order valence-corrected chi connectivity index (χ1v) is 4.53. The van der Waals surface area contributed by atoms with Crippen LogP contribution in [0.25, 0.3) is 0 Å². The number of hydrogen-bond acceptors (Lipinski definition) is 2. The van der Waals surface area contributed by atoms with Crippen LogP contribution in [0.5, 0.6) is 0 Å². The minimum absolute atomic E-state index is 0.943. The Balaban J connectivity index is 3.40. The van der Waals surface area contributed by atoms with Crippen molar-refractivity contribution in [3.63, 3.8) is 0 Å². The largest absolute Gasteiger partial charge is 0.364 e. The zero-order valence-corrected chi connectivity index (χ0v) is 8.26. The normalized spacial score (nSPS) is 10.3. The summed E-state index contributed by atoms with van der Waals surface area (Å²) in [5, 5.41) is 0. The first kappa shape index (κ1) is 9.98. The molecule has 0 radical (unpaired) electrons. The van der Waals surface area contributed by atoms with Crippen LogP contribution in [0.4, 0.5) is 0 Å². The number of allylic oxidation sites excluding steroid dienone is 1. The summed E-state index contributed by atoms with van der Waals surface area (Å²) in [6, 6.07) is 0. The van der Waals surface area contributed by atoms with Gasteiger partial charge >= 0.3 is 0 Å². The topological polar surface area (TPSA) is 3.24 Å². The van der Waals surface area contributed by atoms with Crippen LogP contribution in [0, 0.1) is 0 Å². The summed E-state index contributed by atoms with van der Waals surface area (Å²) in [6.07, 6.45) is 4.13. The molecule has 0 aromatic heterocycles. The van der Waals surface area contributed by atoms with Gasteiger partial charge in [0, 0.05) is 19.8 Å². The maximum atomic E-state index is 5.05. The molecule has 0 heterocycles. The van der Waals surface area contributed by atoms with Gasteiger partial charge in [0.05, 0.1) is 0 Å². The van der Waals surface area contributed by atoms with Crippen molar-refractivity contribution in [2.24, 2.45) is 0 Å². The summed E-state index contributed by atoms with van der Waals surface area (Å²) in [6.45, 7) is 2.01. The molecular formula is C7H13NS2. The molecule has 3 heteroatoms. The Morgan fingerprint density at radius 2 is 2.20 bits per heavy atom. The van der Waals surface area contributed by atoms with Crippen LogP contribution < -0.4 is 0 Å². The van der Waals surface area contributed by atoms with Gasteiger partial charge in [0.15, 0.2) is 0 Å². The molecule has 0 aliphatic heterocycles. The number of nitrogens with zero attached hydrogens (tertiary/aromatic N) is 1. The van der Waals surface area contributed by atoms with Crippen LogP contribution in [-0.4, -0.2) is 29.1 Å². The van der Waals surface area contributed by atoms with Crippen LogP contribution in [0.15, 0.2) is 12.2 Å². The fraction of sp³-hybridized carbons (Fsp3) is 0.571. The van der Waals surface area contributed by atoms with E-state index >= 15 is 0 Å². The lowest BCUT2D eigenvalue weighted by molar-refractivity contribution is 0.648. The molecular weight excluding hydrogens is 162 g/mol. The van der Waals surface area contributed by atoms with Crippen LogP contribution in [0.3, 0.4) is 0 Å². The number of rotatable bonds is 2. The molecule has 0 rings (SSSR count). The maximum absolute atomic E-state index is 5.05. The van der Waals surface area contributed by atoms with Gasteiger partial charge in [-0.3, -0.25) is 0 Å². The fourth-order valence-corrected chi connectivity index (χ4v) is 1.24. The molecule has 0 N–H and O–H groups in total. The highest BCUT2D eigenvalue weighted by atomic mass is 32.2. The van der Waals surface area contributed by atoms with E-state index in [2.05, 4.69) is 6.08 Å². The van der Waals surface area contributed by atoms with Gasteiger partial charge in [-0.05, 0) is 6.92 Å². The van der Waals surface area contributed by atoms with Crippen molar-refractivity contribution < 1.29 is 0 Å². The van der Waals surface area contributed by atoms with Crippen molar-refractivity contribution in [2.45, 2.75) is 6.92 Å². The van der Waals surface area contributed by atoms with Crippen molar-refractivity contribution in [2.75, 3.05) is 19.8 Å². The second-order valence-corrected chi connectivity index (χ2v) is 3.69. The Labute approximate surface area is 72.5 Å². The highest BCUT2D eigenvalue weighted by Crippen LogP contribution is 2.05. The smallest absolute Gasteiger partial charge is 0.136 e. The summed E-state index contributed by atoms with van der Waals surface area (Å²) < 4.78 is 0.943. The summed E-state index contributed by atoms with van der Waals surface area (Å²) in [5.74, 6) is 0.980. The minimum Gasteiger partial charge on any atom is -0.364 e. The van der Waals surface area contributed by atoms with Gasteiger partial charge in [-0.1, -0.05) is 36.1 Å². The highest BCUT2D eigenvalue weighted by molar-refractivity contribution is 8.23. The second kappa shape index (κ2) is 5.74. The Bertz CT molecular complexity index is 130. The summed E-state index contributed by atoms with van der Waals surface area (Å²) >= 11 is 6.73. The van der Waals surface area contributed by atoms with Crippen molar-refractivity contribution in [3.05, 3.63) is 12.2 Å². The summed E-state index contributed by atoms with van der Waals surface area (Å²) in [5.41, 5.74) is 0. The zero-order chi connectivity index (χ0) is 7.98. The maximum Gasteiger partial charge on any atom is 0.136 e. The molecule has 0 bridgehead atoms. The summed E-state index contributed by atoms with van der Waals surface area (Å²) in [4.78, 5) is 1.95. The lowest BCUT2D eigenvalue weighted by Gasteiger charge is -2.10. The summed E-state index contributed by atoms with van der Waals surface area (Å²) in [7, 11) is 3.93. The van der Waals surface area contributed by atoms with Crippen molar-refractivity contribution in [1.82, 2.24) is 4.90 Å². The van der Waals surface area contributed by atoms with Crippen LogP contribution in [-0.2, 0) is 0 Å². The Hall–Kier alpha value is -0.0200. The average molecular weight is 175 g/mol. The van der Waals surface area contributed by atoms with Crippen LogP contribution in [0.1, 0.15) is 6.92 Å². The third kappa shape index (κ3) is 4.82. The molecule has 0 amide bonds. The van der Waals surface area contributed by atoms with Crippen molar-refractivity contribution >= 4 is 28.3 Å². The third-order valence-corrected chi connectivity index (χ3v) is 2.59. The van der Waals surface area contributed by atoms with Crippen LogP contribution >= 0.6 is 24.0 Å². The van der Waals surface area contributed by atoms with Gasteiger partial charge in [0.25, 0.3) is 0 Å². The quantitative estimate of drug-likeness (QED) is 0.467. The molecule has 0 aromatic rings. The zero-order valence-electron chi connectivity index (χ0n) is 6.63. The predicted molar refractivity (Wildman–Crippen MR) is 53.6 cm³/mol. The van der Waals surface area contributed by atoms with E-state index in [0.29, 0.717) is 0 Å². The standard InChI is InChI=1S/C7H13NS2/c1-4-5-6-10-7(9)8(2)3/h4-5H,6H2,1-3H3. The molecule has 10 heavy (non-hydrogen) atoms. The van der Waals surface area contributed by atoms with E-state index in [1.807, 2.05) is 32.0 Å². The molecule has 1 nitrogen and oxygen atoms in total. The van der Waals surface area contributed by atoms with Gasteiger partial charge in [0.2, 0.25) is 0 Å². The van der Waals surface area contributed by atoms with Crippen LogP contribution in [0.2, 0.25) is 0 Å². The molecule has 0 saturated heterocycles. The second-order valence-electron chi connectivity index (χ2n) is 2.04. The molecule has 0 aliphatic rings. The molecule has 0 unspecified atom stereocenters. The molecule has 0 aliphatic carbocycles. The van der Waals surface area contributed by atoms with E-state index in [9.17, 15) is 0 Å². The van der Waals surface area contributed by atoms with E-state index < -0.39 is 0 Å². The first-order valence-electron chi connectivity index (χ1n) is 3.13. The lowest BCUT2D eigenvalue weighted by Crippen LogP contribution is -2.16. The molecule has 58 valence electrons. The van der Waals surface area contributed by atoms with Crippen molar-refractivity contribution in [3.8, 4) is 0 Å². The minimum atomic E-state index is 0.943. The Morgan fingerprint density at radius 3 is 2.60 bits per heavy atom. The van der Waals surface area contributed by atoms with Gasteiger partial charge in [-0.25, -0.2) is 0 Å². The lowest BCUT2D eigenvalue weighted by atomic mass is 10.6. The van der Waals surface area contributed by atoms with Gasteiger partial charge in [0.1, 0.15) is 4.32 Å². The van der Waals surface area contributed by atoms with E-state index in [1.54, 1.807) is 11.8 Å². The van der Waals surface area contributed by atoms with E-state index in [-0.39, 0.29) is 0 Å². The average Bonchev–Trinajstić information content (AvgIpc) is 1.88. The van der Waals surface area contributed by atoms with E-state index in [0.717, 1.165) is 10.1 Å². The number of hydrogen-bond donors (Lipinski definition) is 0. The Morgan fingerprint density at radius 1 is 1.60 bits per heavy atom. The van der Waals surface area contributed by atoms with E-state index in [1.165, 1.54) is 0 Å². The first-order chi connectivity index (χ1) is 4.68. The highest BCUT2D eigenvalue weighted by Gasteiger charge is 1.95. The SMILES string of the molecule is CC=CCSC(=S)N(C)C. The van der Waals surface area contributed by atoms with Gasteiger partial charge < -0.3 is 4.90 Å². The van der Waals surface area contributed by atoms with Gasteiger partial charge in [-0.15, -0.1) is 0 Å². The van der Waals surface area contributed by atoms with Gasteiger partial charge in [-0.2, -0.15) is 0 Å².